The third kappa shape index (κ3) is 2.79. The molecule has 1 saturated carbocycles. The Kier molecular flexibility index (Phi) is 3.73. The minimum atomic E-state index is 0.529. The molecule has 2 unspecified atom stereocenters. The SMILES string of the molecule is CC(c1ccc(Br)cc1)N1CCNC(C2CC2)C1. The van der Waals surface area contributed by atoms with E-state index < -0.39 is 0 Å². The van der Waals surface area contributed by atoms with Gasteiger partial charge in [-0.2, -0.15) is 0 Å². The standard InChI is InChI=1S/C15H21BrN2/c1-11(12-4-6-14(16)7-5-12)18-9-8-17-15(10-18)13-2-3-13/h4-7,11,13,15,17H,2-3,8-10H2,1H3. The van der Waals surface area contributed by atoms with Gasteiger partial charge in [-0.05, 0) is 43.4 Å². The maximum atomic E-state index is 3.68. The van der Waals surface area contributed by atoms with E-state index in [1.807, 2.05) is 0 Å². The number of rotatable bonds is 3. The van der Waals surface area contributed by atoms with Crippen LogP contribution in [0.4, 0.5) is 0 Å². The molecule has 1 aromatic carbocycles. The highest BCUT2D eigenvalue weighted by atomic mass is 79.9. The molecule has 2 nitrogen and oxygen atoms in total. The van der Waals surface area contributed by atoms with Crippen LogP contribution in [0.3, 0.4) is 0 Å². The minimum absolute atomic E-state index is 0.529. The van der Waals surface area contributed by atoms with Crippen molar-refractivity contribution in [2.24, 2.45) is 5.92 Å². The molecule has 1 N–H and O–H groups in total. The van der Waals surface area contributed by atoms with Crippen LogP contribution >= 0.6 is 15.9 Å². The normalized spacial score (nSPS) is 27.1. The Hall–Kier alpha value is -0.380. The highest BCUT2D eigenvalue weighted by Crippen LogP contribution is 2.35. The molecule has 0 radical (unpaired) electrons. The summed E-state index contributed by atoms with van der Waals surface area (Å²) in [7, 11) is 0. The van der Waals surface area contributed by atoms with E-state index in [4.69, 9.17) is 0 Å². The Balaban J connectivity index is 1.67. The van der Waals surface area contributed by atoms with Crippen LogP contribution in [0.1, 0.15) is 31.4 Å². The molecule has 0 spiro atoms. The summed E-state index contributed by atoms with van der Waals surface area (Å²) in [6.45, 7) is 5.85. The van der Waals surface area contributed by atoms with Crippen LogP contribution in [0.25, 0.3) is 0 Å². The van der Waals surface area contributed by atoms with Gasteiger partial charge < -0.3 is 5.32 Å². The fourth-order valence-corrected chi connectivity index (χ4v) is 3.18. The van der Waals surface area contributed by atoms with E-state index in [1.165, 1.54) is 31.5 Å². The van der Waals surface area contributed by atoms with E-state index in [1.54, 1.807) is 0 Å². The molecular formula is C15H21BrN2. The third-order valence-corrected chi connectivity index (χ3v) is 4.86. The predicted molar refractivity (Wildman–Crippen MR) is 78.6 cm³/mol. The lowest BCUT2D eigenvalue weighted by molar-refractivity contribution is 0.144. The molecule has 1 heterocycles. The average molecular weight is 309 g/mol. The molecule has 1 aromatic rings. The third-order valence-electron chi connectivity index (χ3n) is 4.33. The van der Waals surface area contributed by atoms with Gasteiger partial charge in [0.1, 0.15) is 0 Å². The first-order chi connectivity index (χ1) is 8.74. The Morgan fingerprint density at radius 1 is 1.28 bits per heavy atom. The second-order valence-electron chi connectivity index (χ2n) is 5.62. The van der Waals surface area contributed by atoms with E-state index in [9.17, 15) is 0 Å². The van der Waals surface area contributed by atoms with Gasteiger partial charge in [-0.3, -0.25) is 4.90 Å². The zero-order valence-corrected chi connectivity index (χ0v) is 12.5. The summed E-state index contributed by atoms with van der Waals surface area (Å²) in [6, 6.07) is 10.0. The van der Waals surface area contributed by atoms with Gasteiger partial charge >= 0.3 is 0 Å². The van der Waals surface area contributed by atoms with E-state index in [0.717, 1.165) is 23.0 Å². The van der Waals surface area contributed by atoms with Crippen LogP contribution < -0.4 is 5.32 Å². The first-order valence-electron chi connectivity index (χ1n) is 6.97. The fourth-order valence-electron chi connectivity index (χ4n) is 2.92. The maximum absolute atomic E-state index is 3.68. The molecule has 18 heavy (non-hydrogen) atoms. The van der Waals surface area contributed by atoms with Crippen LogP contribution in [-0.2, 0) is 0 Å². The van der Waals surface area contributed by atoms with Crippen LogP contribution in [-0.4, -0.2) is 30.6 Å². The van der Waals surface area contributed by atoms with Gasteiger partial charge in [0.2, 0.25) is 0 Å². The van der Waals surface area contributed by atoms with Crippen LogP contribution in [0.5, 0.6) is 0 Å². The lowest BCUT2D eigenvalue weighted by atomic mass is 10.0. The Bertz CT molecular complexity index is 399. The summed E-state index contributed by atoms with van der Waals surface area (Å²) >= 11 is 3.50. The second-order valence-corrected chi connectivity index (χ2v) is 6.54. The van der Waals surface area contributed by atoms with Crippen LogP contribution in [0.2, 0.25) is 0 Å². The van der Waals surface area contributed by atoms with E-state index in [-0.39, 0.29) is 0 Å². The van der Waals surface area contributed by atoms with Crippen molar-refractivity contribution in [3.63, 3.8) is 0 Å². The Morgan fingerprint density at radius 2 is 2.00 bits per heavy atom. The summed E-state index contributed by atoms with van der Waals surface area (Å²) in [6.07, 6.45) is 2.86. The smallest absolute Gasteiger partial charge is 0.0321 e. The molecular weight excluding hydrogens is 288 g/mol. The van der Waals surface area contributed by atoms with E-state index >= 15 is 0 Å². The van der Waals surface area contributed by atoms with E-state index in [2.05, 4.69) is 57.3 Å². The van der Waals surface area contributed by atoms with Gasteiger partial charge in [-0.15, -0.1) is 0 Å². The van der Waals surface area contributed by atoms with Crippen LogP contribution in [0.15, 0.2) is 28.7 Å². The highest BCUT2D eigenvalue weighted by Gasteiger charge is 2.35. The van der Waals surface area contributed by atoms with Gasteiger partial charge in [0.15, 0.2) is 0 Å². The van der Waals surface area contributed by atoms with Gasteiger partial charge in [-0.25, -0.2) is 0 Å². The quantitative estimate of drug-likeness (QED) is 0.922. The topological polar surface area (TPSA) is 15.3 Å². The summed E-state index contributed by atoms with van der Waals surface area (Å²) < 4.78 is 1.16. The van der Waals surface area contributed by atoms with Crippen molar-refractivity contribution in [3.8, 4) is 0 Å². The number of nitrogens with zero attached hydrogens (tertiary/aromatic N) is 1. The maximum Gasteiger partial charge on any atom is 0.0321 e. The number of hydrogen-bond donors (Lipinski definition) is 1. The number of hydrogen-bond acceptors (Lipinski definition) is 2. The van der Waals surface area contributed by atoms with Crippen molar-refractivity contribution in [3.05, 3.63) is 34.3 Å². The number of piperazine rings is 1. The fraction of sp³-hybridized carbons (Fsp3) is 0.600. The van der Waals surface area contributed by atoms with Crippen LogP contribution in [0, 0.1) is 5.92 Å². The number of benzene rings is 1. The molecule has 3 heteroatoms. The van der Waals surface area contributed by atoms with Crippen molar-refractivity contribution in [2.45, 2.75) is 31.8 Å². The Labute approximate surface area is 118 Å². The lowest BCUT2D eigenvalue weighted by Crippen LogP contribution is -2.52. The monoisotopic (exact) mass is 308 g/mol. The van der Waals surface area contributed by atoms with Crippen molar-refractivity contribution in [1.29, 1.82) is 0 Å². The lowest BCUT2D eigenvalue weighted by Gasteiger charge is -2.38. The molecule has 1 aliphatic heterocycles. The molecule has 1 saturated heterocycles. The molecule has 2 atom stereocenters. The average Bonchev–Trinajstić information content (AvgIpc) is 3.23. The largest absolute Gasteiger partial charge is 0.311 e. The van der Waals surface area contributed by atoms with Gasteiger partial charge in [0.05, 0.1) is 0 Å². The molecule has 98 valence electrons. The van der Waals surface area contributed by atoms with E-state index in [0.29, 0.717) is 6.04 Å². The molecule has 0 aromatic heterocycles. The van der Waals surface area contributed by atoms with Crippen molar-refractivity contribution in [2.75, 3.05) is 19.6 Å². The number of nitrogens with one attached hydrogen (secondary N) is 1. The van der Waals surface area contributed by atoms with Gasteiger partial charge in [0, 0.05) is 36.2 Å². The first kappa shape index (κ1) is 12.6. The molecule has 2 fully saturated rings. The van der Waals surface area contributed by atoms with Gasteiger partial charge in [-0.1, -0.05) is 28.1 Å². The van der Waals surface area contributed by atoms with Crippen molar-refractivity contribution in [1.82, 2.24) is 10.2 Å². The summed E-state index contributed by atoms with van der Waals surface area (Å²) in [5.41, 5.74) is 1.43. The summed E-state index contributed by atoms with van der Waals surface area (Å²) in [5.74, 6) is 0.949. The zero-order valence-electron chi connectivity index (χ0n) is 10.9. The van der Waals surface area contributed by atoms with Gasteiger partial charge in [0.25, 0.3) is 0 Å². The molecule has 1 aliphatic carbocycles. The minimum Gasteiger partial charge on any atom is -0.311 e. The highest BCUT2D eigenvalue weighted by molar-refractivity contribution is 9.10. The molecule has 0 amide bonds. The zero-order chi connectivity index (χ0) is 12.5. The summed E-state index contributed by atoms with van der Waals surface area (Å²) in [4.78, 5) is 2.63. The van der Waals surface area contributed by atoms with Crippen molar-refractivity contribution < 1.29 is 0 Å². The Morgan fingerprint density at radius 3 is 2.67 bits per heavy atom. The first-order valence-corrected chi connectivity index (χ1v) is 7.76. The second kappa shape index (κ2) is 5.32. The van der Waals surface area contributed by atoms with Crippen molar-refractivity contribution >= 4 is 15.9 Å². The number of halogens is 1. The molecule has 0 bridgehead atoms. The molecule has 3 rings (SSSR count). The summed E-state index contributed by atoms with van der Waals surface area (Å²) in [5, 5.41) is 3.68. The predicted octanol–water partition coefficient (Wildman–Crippen LogP) is 3.19. The molecule has 2 aliphatic rings.